The third-order valence-corrected chi connectivity index (χ3v) is 2.79. The van der Waals surface area contributed by atoms with Crippen LogP contribution in [0.2, 0.25) is 0 Å². The molecule has 0 aliphatic carbocycles. The van der Waals surface area contributed by atoms with Crippen LogP contribution in [0.15, 0.2) is 0 Å². The molecule has 2 atom stereocenters. The van der Waals surface area contributed by atoms with E-state index in [0.717, 1.165) is 6.42 Å². The van der Waals surface area contributed by atoms with Crippen LogP contribution in [0.3, 0.4) is 0 Å². The maximum Gasteiger partial charge on any atom is 0.225 e. The van der Waals surface area contributed by atoms with Gasteiger partial charge in [0, 0.05) is 13.2 Å². The van der Waals surface area contributed by atoms with E-state index in [4.69, 9.17) is 4.74 Å². The van der Waals surface area contributed by atoms with Crippen LogP contribution in [0.4, 0.5) is 0 Å². The van der Waals surface area contributed by atoms with Crippen molar-refractivity contribution in [2.75, 3.05) is 19.8 Å². The maximum absolute atomic E-state index is 11.7. The number of amides is 1. The summed E-state index contributed by atoms with van der Waals surface area (Å²) >= 11 is 0. The Morgan fingerprint density at radius 3 is 2.81 bits per heavy atom. The molecule has 0 aromatic carbocycles. The molecule has 1 fully saturated rings. The Labute approximate surface area is 97.4 Å². The Kier molecular flexibility index (Phi) is 4.74. The van der Waals surface area contributed by atoms with E-state index >= 15 is 0 Å². The fourth-order valence-corrected chi connectivity index (χ4v) is 2.11. The van der Waals surface area contributed by atoms with Gasteiger partial charge in [-0.2, -0.15) is 0 Å². The van der Waals surface area contributed by atoms with Gasteiger partial charge in [0.1, 0.15) is 0 Å². The molecule has 0 aromatic heterocycles. The summed E-state index contributed by atoms with van der Waals surface area (Å²) in [5, 5.41) is 12.8. The van der Waals surface area contributed by atoms with Gasteiger partial charge >= 0.3 is 0 Å². The van der Waals surface area contributed by atoms with Crippen LogP contribution in [0.5, 0.6) is 0 Å². The highest BCUT2D eigenvalue weighted by Crippen LogP contribution is 2.16. The first-order valence-electron chi connectivity index (χ1n) is 5.98. The molecular formula is C12H23NO3. The van der Waals surface area contributed by atoms with Crippen molar-refractivity contribution in [2.24, 2.45) is 11.8 Å². The molecule has 1 amide bonds. The molecule has 2 unspecified atom stereocenters. The molecule has 1 aliphatic heterocycles. The molecular weight excluding hydrogens is 206 g/mol. The predicted molar refractivity (Wildman–Crippen MR) is 62.0 cm³/mol. The normalized spacial score (nSPS) is 24.4. The molecule has 1 saturated heterocycles. The summed E-state index contributed by atoms with van der Waals surface area (Å²) < 4.78 is 5.15. The third kappa shape index (κ3) is 4.49. The molecule has 94 valence electrons. The van der Waals surface area contributed by atoms with Crippen molar-refractivity contribution < 1.29 is 14.6 Å². The minimum absolute atomic E-state index is 0.00142. The van der Waals surface area contributed by atoms with Gasteiger partial charge in [0.15, 0.2) is 0 Å². The average Bonchev–Trinajstić information content (AvgIpc) is 2.64. The van der Waals surface area contributed by atoms with Crippen molar-refractivity contribution in [1.29, 1.82) is 0 Å². The van der Waals surface area contributed by atoms with E-state index in [9.17, 15) is 9.90 Å². The van der Waals surface area contributed by atoms with Crippen LogP contribution < -0.4 is 5.32 Å². The highest BCUT2D eigenvalue weighted by Gasteiger charge is 2.27. The van der Waals surface area contributed by atoms with Crippen molar-refractivity contribution in [3.8, 4) is 0 Å². The lowest BCUT2D eigenvalue weighted by molar-refractivity contribution is -0.126. The molecule has 2 N–H and O–H groups in total. The molecule has 4 nitrogen and oxygen atoms in total. The topological polar surface area (TPSA) is 58.6 Å². The monoisotopic (exact) mass is 229 g/mol. The third-order valence-electron chi connectivity index (χ3n) is 2.79. The summed E-state index contributed by atoms with van der Waals surface area (Å²) in [6.07, 6.45) is 1.48. The number of aliphatic hydroxyl groups is 1. The number of carbonyl (C=O) groups is 1. The number of ether oxygens (including phenoxy) is 1. The zero-order chi connectivity index (χ0) is 12.2. The molecule has 16 heavy (non-hydrogen) atoms. The lowest BCUT2D eigenvalue weighted by Gasteiger charge is -2.26. The van der Waals surface area contributed by atoms with Gasteiger partial charge in [-0.25, -0.2) is 0 Å². The zero-order valence-corrected chi connectivity index (χ0v) is 10.5. The average molecular weight is 229 g/mol. The molecule has 4 heteroatoms. The van der Waals surface area contributed by atoms with Crippen molar-refractivity contribution in [3.05, 3.63) is 0 Å². The van der Waals surface area contributed by atoms with Crippen LogP contribution in [0, 0.1) is 11.8 Å². The first-order chi connectivity index (χ1) is 7.41. The Balaban J connectivity index is 2.29. The highest BCUT2D eigenvalue weighted by molar-refractivity contribution is 5.79. The Hall–Kier alpha value is -0.610. The van der Waals surface area contributed by atoms with Crippen molar-refractivity contribution >= 4 is 5.91 Å². The molecule has 1 aliphatic rings. The number of carbonyl (C=O) groups excluding carboxylic acids is 1. The van der Waals surface area contributed by atoms with E-state index in [1.165, 1.54) is 0 Å². The molecule has 1 rings (SSSR count). The first kappa shape index (κ1) is 13.5. The van der Waals surface area contributed by atoms with Gasteiger partial charge in [-0.3, -0.25) is 4.79 Å². The Morgan fingerprint density at radius 2 is 2.31 bits per heavy atom. The van der Waals surface area contributed by atoms with Gasteiger partial charge in [0.25, 0.3) is 0 Å². The number of nitrogens with one attached hydrogen (secondary N) is 1. The van der Waals surface area contributed by atoms with Crippen molar-refractivity contribution in [2.45, 2.75) is 39.2 Å². The summed E-state index contributed by atoms with van der Waals surface area (Å²) in [6.45, 7) is 7.37. The van der Waals surface area contributed by atoms with Crippen LogP contribution in [0.25, 0.3) is 0 Å². The van der Waals surface area contributed by atoms with Crippen molar-refractivity contribution in [1.82, 2.24) is 5.32 Å². The van der Waals surface area contributed by atoms with Crippen molar-refractivity contribution in [3.63, 3.8) is 0 Å². The summed E-state index contributed by atoms with van der Waals surface area (Å²) in [7, 11) is 0. The predicted octanol–water partition coefficient (Wildman–Crippen LogP) is 0.936. The SMILES string of the molecule is CC(C)CC(C)(O)CNC(=O)C1CCOC1. The summed E-state index contributed by atoms with van der Waals surface area (Å²) in [4.78, 5) is 11.7. The van der Waals surface area contributed by atoms with Gasteiger partial charge in [-0.1, -0.05) is 13.8 Å². The van der Waals surface area contributed by atoms with E-state index in [0.29, 0.717) is 32.1 Å². The molecule has 0 spiro atoms. The molecule has 0 bridgehead atoms. The maximum atomic E-state index is 11.7. The standard InChI is InChI=1S/C12H23NO3/c1-9(2)6-12(3,15)8-13-11(14)10-4-5-16-7-10/h9-10,15H,4-8H2,1-3H3,(H,13,14). The number of hydrogen-bond donors (Lipinski definition) is 2. The molecule has 0 saturated carbocycles. The lowest BCUT2D eigenvalue weighted by Crippen LogP contribution is -2.43. The van der Waals surface area contributed by atoms with Crippen LogP contribution in [0.1, 0.15) is 33.6 Å². The minimum Gasteiger partial charge on any atom is -0.388 e. The second kappa shape index (κ2) is 5.64. The summed E-state index contributed by atoms with van der Waals surface area (Å²) in [6, 6.07) is 0. The largest absolute Gasteiger partial charge is 0.388 e. The fourth-order valence-electron chi connectivity index (χ4n) is 2.11. The van der Waals surface area contributed by atoms with E-state index in [-0.39, 0.29) is 11.8 Å². The number of hydrogen-bond acceptors (Lipinski definition) is 3. The van der Waals surface area contributed by atoms with Gasteiger partial charge in [0.05, 0.1) is 18.1 Å². The van der Waals surface area contributed by atoms with Gasteiger partial charge in [0.2, 0.25) is 5.91 Å². The quantitative estimate of drug-likeness (QED) is 0.737. The molecule has 0 radical (unpaired) electrons. The first-order valence-corrected chi connectivity index (χ1v) is 5.98. The molecule has 0 aromatic rings. The van der Waals surface area contributed by atoms with Gasteiger partial charge in [-0.15, -0.1) is 0 Å². The lowest BCUT2D eigenvalue weighted by atomic mass is 9.94. The minimum atomic E-state index is -0.816. The Morgan fingerprint density at radius 1 is 1.62 bits per heavy atom. The van der Waals surface area contributed by atoms with Gasteiger partial charge in [-0.05, 0) is 25.7 Å². The zero-order valence-electron chi connectivity index (χ0n) is 10.5. The second-order valence-electron chi connectivity index (χ2n) is 5.37. The molecule has 1 heterocycles. The van der Waals surface area contributed by atoms with Gasteiger partial charge < -0.3 is 15.2 Å². The second-order valence-corrected chi connectivity index (χ2v) is 5.37. The van der Waals surface area contributed by atoms with Crippen LogP contribution in [-0.4, -0.2) is 36.4 Å². The summed E-state index contributed by atoms with van der Waals surface area (Å²) in [5.41, 5.74) is -0.816. The van der Waals surface area contributed by atoms with Crippen LogP contribution in [-0.2, 0) is 9.53 Å². The van der Waals surface area contributed by atoms with E-state index in [2.05, 4.69) is 19.2 Å². The summed E-state index contributed by atoms with van der Waals surface area (Å²) in [5.74, 6) is 0.387. The smallest absolute Gasteiger partial charge is 0.225 e. The fraction of sp³-hybridized carbons (Fsp3) is 0.917. The van der Waals surface area contributed by atoms with E-state index < -0.39 is 5.60 Å². The number of rotatable bonds is 5. The van der Waals surface area contributed by atoms with E-state index in [1.54, 1.807) is 6.92 Å². The highest BCUT2D eigenvalue weighted by atomic mass is 16.5. The van der Waals surface area contributed by atoms with E-state index in [1.807, 2.05) is 0 Å². The Bertz CT molecular complexity index is 232. The van der Waals surface area contributed by atoms with Crippen LogP contribution >= 0.6 is 0 Å².